The van der Waals surface area contributed by atoms with Crippen LogP contribution in [-0.4, -0.2) is 52.0 Å². The molecular weight excluding hydrogens is 380 g/mol. The van der Waals surface area contributed by atoms with Gasteiger partial charge in [-0.15, -0.1) is 0 Å². The second-order valence-corrected chi connectivity index (χ2v) is 6.29. The number of hydrogen-bond acceptors (Lipinski definition) is 7. The normalized spacial score (nSPS) is 18.1. The van der Waals surface area contributed by atoms with Crippen LogP contribution in [0, 0.1) is 10.1 Å². The van der Waals surface area contributed by atoms with E-state index in [9.17, 15) is 29.9 Å². The van der Waals surface area contributed by atoms with Gasteiger partial charge in [-0.3, -0.25) is 19.7 Å². The fraction of sp³-hybridized carbons (Fsp3) is 0.200. The van der Waals surface area contributed by atoms with Crippen LogP contribution in [0.15, 0.2) is 54.1 Å². The van der Waals surface area contributed by atoms with Crippen molar-refractivity contribution >= 4 is 23.1 Å². The molecule has 1 aliphatic rings. The first-order chi connectivity index (χ1) is 13.9. The maximum absolute atomic E-state index is 12.7. The SMILES string of the molecule is COc1ccc([C@@H]2/C(=C(\O)c3ccc([N+](=O)[O-])cc3)C(=O)C(=O)N2CCO)cc1. The van der Waals surface area contributed by atoms with E-state index in [0.29, 0.717) is 11.3 Å². The first-order valence-corrected chi connectivity index (χ1v) is 8.67. The van der Waals surface area contributed by atoms with Crippen molar-refractivity contribution in [3.05, 3.63) is 75.3 Å². The highest BCUT2D eigenvalue weighted by Crippen LogP contribution is 2.39. The fourth-order valence-corrected chi connectivity index (χ4v) is 3.25. The number of aliphatic hydroxyl groups excluding tert-OH is 2. The molecule has 1 amide bonds. The Balaban J connectivity index is 2.13. The summed E-state index contributed by atoms with van der Waals surface area (Å²) in [7, 11) is 1.50. The molecule has 1 saturated heterocycles. The van der Waals surface area contributed by atoms with Crippen molar-refractivity contribution in [3.8, 4) is 5.75 Å². The number of likely N-dealkylation sites (tertiary alicyclic amines) is 1. The van der Waals surface area contributed by atoms with E-state index in [-0.39, 0.29) is 30.0 Å². The first kappa shape index (κ1) is 20.0. The van der Waals surface area contributed by atoms with E-state index in [1.807, 2.05) is 0 Å². The fourth-order valence-electron chi connectivity index (χ4n) is 3.25. The molecule has 3 rings (SSSR count). The number of rotatable bonds is 6. The summed E-state index contributed by atoms with van der Waals surface area (Å²) in [6, 6.07) is 10.7. The molecule has 2 aromatic rings. The molecule has 1 aliphatic heterocycles. The van der Waals surface area contributed by atoms with Crippen molar-refractivity contribution in [2.45, 2.75) is 6.04 Å². The zero-order valence-electron chi connectivity index (χ0n) is 15.4. The van der Waals surface area contributed by atoms with Gasteiger partial charge < -0.3 is 19.8 Å². The number of amides is 1. The number of β-amino-alcohol motifs (C(OH)–C–C–N with tert-alkyl or cyclic N) is 1. The molecule has 2 aromatic carbocycles. The number of nitrogens with zero attached hydrogens (tertiary/aromatic N) is 2. The highest BCUT2D eigenvalue weighted by atomic mass is 16.6. The van der Waals surface area contributed by atoms with Crippen LogP contribution >= 0.6 is 0 Å². The summed E-state index contributed by atoms with van der Waals surface area (Å²) >= 11 is 0. The van der Waals surface area contributed by atoms with Gasteiger partial charge in [-0.05, 0) is 29.8 Å². The average Bonchev–Trinajstić information content (AvgIpc) is 2.98. The third-order valence-electron chi connectivity index (χ3n) is 4.66. The number of nitro groups is 1. The summed E-state index contributed by atoms with van der Waals surface area (Å²) in [6.45, 7) is -0.463. The van der Waals surface area contributed by atoms with Crippen molar-refractivity contribution in [3.63, 3.8) is 0 Å². The van der Waals surface area contributed by atoms with Crippen molar-refractivity contribution < 1.29 is 29.5 Å². The number of non-ortho nitro benzene ring substituents is 1. The molecule has 9 nitrogen and oxygen atoms in total. The summed E-state index contributed by atoms with van der Waals surface area (Å²) in [5.74, 6) is -1.61. The van der Waals surface area contributed by atoms with E-state index >= 15 is 0 Å². The van der Waals surface area contributed by atoms with Gasteiger partial charge in [0.2, 0.25) is 0 Å². The number of nitro benzene ring substituents is 1. The number of benzene rings is 2. The van der Waals surface area contributed by atoms with Crippen LogP contribution in [0.25, 0.3) is 5.76 Å². The molecule has 1 heterocycles. The zero-order valence-corrected chi connectivity index (χ0v) is 15.4. The van der Waals surface area contributed by atoms with E-state index in [0.717, 1.165) is 0 Å². The molecule has 1 atom stereocenters. The minimum absolute atomic E-state index is 0.0989. The minimum atomic E-state index is -0.914. The number of Topliss-reactive ketones (excluding diaryl/α,β-unsaturated/α-hetero) is 1. The molecule has 2 N–H and O–H groups in total. The number of methoxy groups -OCH3 is 1. The van der Waals surface area contributed by atoms with Crippen LogP contribution in [0.1, 0.15) is 17.2 Å². The molecule has 0 unspecified atom stereocenters. The smallest absolute Gasteiger partial charge is 0.295 e. The van der Waals surface area contributed by atoms with Crippen LogP contribution in [-0.2, 0) is 9.59 Å². The van der Waals surface area contributed by atoms with Crippen LogP contribution in [0.3, 0.4) is 0 Å². The quantitative estimate of drug-likeness (QED) is 0.250. The second-order valence-electron chi connectivity index (χ2n) is 6.29. The van der Waals surface area contributed by atoms with Gasteiger partial charge in [0, 0.05) is 24.2 Å². The van der Waals surface area contributed by atoms with Crippen molar-refractivity contribution in [2.24, 2.45) is 0 Å². The van der Waals surface area contributed by atoms with E-state index in [4.69, 9.17) is 4.74 Å². The zero-order chi connectivity index (χ0) is 21.1. The van der Waals surface area contributed by atoms with Gasteiger partial charge in [-0.1, -0.05) is 12.1 Å². The predicted octanol–water partition coefficient (Wildman–Crippen LogP) is 2.02. The van der Waals surface area contributed by atoms with Crippen LogP contribution in [0.2, 0.25) is 0 Å². The molecular formula is C20H18N2O7. The Morgan fingerprint density at radius 2 is 1.76 bits per heavy atom. The molecule has 0 radical (unpaired) electrons. The highest BCUT2D eigenvalue weighted by molar-refractivity contribution is 6.46. The van der Waals surface area contributed by atoms with Gasteiger partial charge in [0.15, 0.2) is 0 Å². The summed E-state index contributed by atoms with van der Waals surface area (Å²) in [5, 5.41) is 30.9. The van der Waals surface area contributed by atoms with Gasteiger partial charge in [0.25, 0.3) is 17.4 Å². The van der Waals surface area contributed by atoms with Gasteiger partial charge in [0.1, 0.15) is 11.5 Å². The number of hydrogen-bond donors (Lipinski definition) is 2. The number of ketones is 1. The predicted molar refractivity (Wildman–Crippen MR) is 102 cm³/mol. The van der Waals surface area contributed by atoms with Crippen molar-refractivity contribution in [2.75, 3.05) is 20.3 Å². The molecule has 150 valence electrons. The Hall–Kier alpha value is -3.72. The van der Waals surface area contributed by atoms with Gasteiger partial charge >= 0.3 is 0 Å². The Kier molecular flexibility index (Phi) is 5.60. The Bertz CT molecular complexity index is 981. The molecule has 29 heavy (non-hydrogen) atoms. The summed E-state index contributed by atoms with van der Waals surface area (Å²) in [6.07, 6.45) is 0. The van der Waals surface area contributed by atoms with E-state index < -0.39 is 28.4 Å². The Morgan fingerprint density at radius 1 is 1.14 bits per heavy atom. The Labute approximate surface area is 165 Å². The molecule has 0 spiro atoms. The Morgan fingerprint density at radius 3 is 2.28 bits per heavy atom. The maximum atomic E-state index is 12.7. The molecule has 9 heteroatoms. The number of aliphatic hydroxyl groups is 2. The van der Waals surface area contributed by atoms with E-state index in [1.54, 1.807) is 24.3 Å². The number of carbonyl (C=O) groups is 2. The lowest BCUT2D eigenvalue weighted by Crippen LogP contribution is -2.32. The summed E-state index contributed by atoms with van der Waals surface area (Å²) in [4.78, 5) is 36.6. The van der Waals surface area contributed by atoms with Crippen molar-refractivity contribution in [1.29, 1.82) is 0 Å². The summed E-state index contributed by atoms with van der Waals surface area (Å²) < 4.78 is 5.12. The van der Waals surface area contributed by atoms with Crippen LogP contribution < -0.4 is 4.74 Å². The van der Waals surface area contributed by atoms with E-state index in [2.05, 4.69) is 0 Å². The van der Waals surface area contributed by atoms with E-state index in [1.165, 1.54) is 36.3 Å². The van der Waals surface area contributed by atoms with Crippen molar-refractivity contribution in [1.82, 2.24) is 4.90 Å². The van der Waals surface area contributed by atoms with Gasteiger partial charge in [0.05, 0.1) is 30.3 Å². The summed E-state index contributed by atoms with van der Waals surface area (Å²) in [5.41, 5.74) is 0.384. The average molecular weight is 398 g/mol. The van der Waals surface area contributed by atoms with Crippen LogP contribution in [0.4, 0.5) is 5.69 Å². The molecule has 0 aromatic heterocycles. The largest absolute Gasteiger partial charge is 0.507 e. The maximum Gasteiger partial charge on any atom is 0.295 e. The lowest BCUT2D eigenvalue weighted by atomic mass is 9.95. The highest BCUT2D eigenvalue weighted by Gasteiger charge is 2.45. The monoisotopic (exact) mass is 398 g/mol. The standard InChI is InChI=1S/C20H18N2O7/c1-29-15-8-4-12(5-9-15)17-16(19(25)20(26)21(17)10-11-23)18(24)13-2-6-14(7-3-13)22(27)28/h2-9,17,23-24H,10-11H2,1H3/b18-16+/t17-/m1/s1. The second kappa shape index (κ2) is 8.11. The molecule has 1 fully saturated rings. The lowest BCUT2D eigenvalue weighted by molar-refractivity contribution is -0.384. The molecule has 0 aliphatic carbocycles. The third kappa shape index (κ3) is 3.67. The van der Waals surface area contributed by atoms with Gasteiger partial charge in [-0.25, -0.2) is 0 Å². The number of ether oxygens (including phenoxy) is 1. The third-order valence-corrected chi connectivity index (χ3v) is 4.66. The lowest BCUT2D eigenvalue weighted by Gasteiger charge is -2.24. The topological polar surface area (TPSA) is 130 Å². The molecule has 0 saturated carbocycles. The van der Waals surface area contributed by atoms with Crippen LogP contribution in [0.5, 0.6) is 5.75 Å². The van der Waals surface area contributed by atoms with Gasteiger partial charge in [-0.2, -0.15) is 0 Å². The minimum Gasteiger partial charge on any atom is -0.507 e. The number of carbonyl (C=O) groups excluding carboxylic acids is 2. The first-order valence-electron chi connectivity index (χ1n) is 8.67. The molecule has 0 bridgehead atoms.